The lowest BCUT2D eigenvalue weighted by Gasteiger charge is -2.10. The Morgan fingerprint density at radius 2 is 2.29 bits per heavy atom. The molecule has 0 saturated heterocycles. The van der Waals surface area contributed by atoms with E-state index in [9.17, 15) is 14.5 Å². The number of rotatable bonds is 3. The molecule has 0 amide bonds. The van der Waals surface area contributed by atoms with Crippen molar-refractivity contribution in [3.63, 3.8) is 0 Å². The van der Waals surface area contributed by atoms with Crippen LogP contribution in [0.15, 0.2) is 18.2 Å². The number of hydrogen-bond acceptors (Lipinski definition) is 2. The third kappa shape index (κ3) is 1.89. The van der Waals surface area contributed by atoms with Crippen LogP contribution in [0.2, 0.25) is 0 Å². The van der Waals surface area contributed by atoms with Crippen LogP contribution in [0.3, 0.4) is 0 Å². The van der Waals surface area contributed by atoms with Gasteiger partial charge in [-0.15, -0.1) is 0 Å². The third-order valence-electron chi connectivity index (χ3n) is 2.17. The predicted molar refractivity (Wildman–Crippen MR) is 51.9 cm³/mol. The van der Waals surface area contributed by atoms with Crippen LogP contribution < -0.4 is 0 Å². The second-order valence-corrected chi connectivity index (χ2v) is 3.10. The maximum atomic E-state index is 12.4. The van der Waals surface area contributed by atoms with Crippen LogP contribution in [-0.4, -0.2) is 11.6 Å². The van der Waals surface area contributed by atoms with Crippen LogP contribution in [0.5, 0.6) is 0 Å². The summed E-state index contributed by atoms with van der Waals surface area (Å²) in [5.74, 6) is -0.533. The summed E-state index contributed by atoms with van der Waals surface area (Å²) in [4.78, 5) is 10.1. The van der Waals surface area contributed by atoms with Crippen molar-refractivity contribution < 1.29 is 9.31 Å². The molecule has 75 valence electrons. The highest BCUT2D eigenvalue weighted by atomic mass is 19.1. The monoisotopic (exact) mass is 196 g/mol. The molecule has 0 aliphatic carbocycles. The molecule has 0 aliphatic heterocycles. The van der Waals surface area contributed by atoms with E-state index in [1.807, 2.05) is 0 Å². The van der Waals surface area contributed by atoms with Crippen LogP contribution in [0, 0.1) is 24.0 Å². The SMILES string of the molecule is [CH2]C(CF)c1cccc([N+](=O)[O-])c1C. The Bertz CT molecular complexity index is 352. The number of nitrogens with zero attached hydrogens (tertiary/aromatic N) is 1. The summed E-state index contributed by atoms with van der Waals surface area (Å²) in [6.07, 6.45) is 0. The van der Waals surface area contributed by atoms with E-state index in [0.29, 0.717) is 11.1 Å². The van der Waals surface area contributed by atoms with Crippen LogP contribution >= 0.6 is 0 Å². The first-order valence-electron chi connectivity index (χ1n) is 4.21. The van der Waals surface area contributed by atoms with Crippen molar-refractivity contribution in [1.29, 1.82) is 0 Å². The zero-order valence-corrected chi connectivity index (χ0v) is 7.87. The lowest BCUT2D eigenvalue weighted by Crippen LogP contribution is -2.01. The fraction of sp³-hybridized carbons (Fsp3) is 0.300. The van der Waals surface area contributed by atoms with Gasteiger partial charge in [-0.25, -0.2) is 0 Å². The molecule has 3 nitrogen and oxygen atoms in total. The third-order valence-corrected chi connectivity index (χ3v) is 2.17. The van der Waals surface area contributed by atoms with Gasteiger partial charge >= 0.3 is 0 Å². The molecule has 1 aromatic carbocycles. The second kappa shape index (κ2) is 4.17. The molecule has 0 spiro atoms. The van der Waals surface area contributed by atoms with Gasteiger partial charge in [-0.05, 0) is 19.4 Å². The molecular weight excluding hydrogens is 185 g/mol. The van der Waals surface area contributed by atoms with Crippen molar-refractivity contribution in [3.05, 3.63) is 46.4 Å². The molecule has 0 saturated carbocycles. The van der Waals surface area contributed by atoms with Gasteiger partial charge in [0.25, 0.3) is 5.69 Å². The lowest BCUT2D eigenvalue weighted by atomic mass is 9.96. The lowest BCUT2D eigenvalue weighted by molar-refractivity contribution is -0.385. The average molecular weight is 196 g/mol. The molecule has 0 fully saturated rings. The summed E-state index contributed by atoms with van der Waals surface area (Å²) >= 11 is 0. The van der Waals surface area contributed by atoms with E-state index >= 15 is 0 Å². The van der Waals surface area contributed by atoms with Gasteiger partial charge in [0.1, 0.15) is 0 Å². The average Bonchev–Trinajstić information content (AvgIpc) is 2.16. The van der Waals surface area contributed by atoms with Gasteiger partial charge in [0, 0.05) is 17.5 Å². The van der Waals surface area contributed by atoms with Gasteiger partial charge in [-0.3, -0.25) is 14.5 Å². The first-order chi connectivity index (χ1) is 6.57. The van der Waals surface area contributed by atoms with Crippen molar-refractivity contribution in [1.82, 2.24) is 0 Å². The number of alkyl halides is 1. The molecular formula is C10H11FNO2. The summed E-state index contributed by atoms with van der Waals surface area (Å²) in [6.45, 7) is 4.59. The number of nitro benzene ring substituents is 1. The fourth-order valence-electron chi connectivity index (χ4n) is 1.36. The summed E-state index contributed by atoms with van der Waals surface area (Å²) < 4.78 is 12.4. The molecule has 0 N–H and O–H groups in total. The normalized spacial score (nSPS) is 12.5. The Morgan fingerprint density at radius 1 is 1.64 bits per heavy atom. The number of nitro groups is 1. The van der Waals surface area contributed by atoms with Crippen LogP contribution in [0.25, 0.3) is 0 Å². The molecule has 0 aliphatic rings. The highest BCUT2D eigenvalue weighted by Crippen LogP contribution is 2.26. The molecule has 1 rings (SSSR count). The molecule has 4 heteroatoms. The highest BCUT2D eigenvalue weighted by molar-refractivity contribution is 5.46. The van der Waals surface area contributed by atoms with E-state index in [0.717, 1.165) is 0 Å². The Labute approximate surface area is 81.7 Å². The fourth-order valence-corrected chi connectivity index (χ4v) is 1.36. The molecule has 1 atom stereocenters. The van der Waals surface area contributed by atoms with E-state index in [1.165, 1.54) is 6.07 Å². The predicted octanol–water partition coefficient (Wildman–Crippen LogP) is 2.79. The largest absolute Gasteiger partial charge is 0.272 e. The van der Waals surface area contributed by atoms with E-state index in [4.69, 9.17) is 0 Å². The molecule has 1 radical (unpaired) electrons. The maximum absolute atomic E-state index is 12.4. The zero-order chi connectivity index (χ0) is 10.7. The van der Waals surface area contributed by atoms with Crippen LogP contribution in [-0.2, 0) is 0 Å². The zero-order valence-electron chi connectivity index (χ0n) is 7.87. The maximum Gasteiger partial charge on any atom is 0.272 e. The van der Waals surface area contributed by atoms with E-state index in [2.05, 4.69) is 6.92 Å². The van der Waals surface area contributed by atoms with Gasteiger partial charge in [-0.2, -0.15) is 0 Å². The second-order valence-electron chi connectivity index (χ2n) is 3.10. The van der Waals surface area contributed by atoms with Gasteiger partial charge in [0.2, 0.25) is 0 Å². The number of hydrogen-bond donors (Lipinski definition) is 0. The molecule has 1 aromatic rings. The van der Waals surface area contributed by atoms with Gasteiger partial charge in [0.05, 0.1) is 11.6 Å². The van der Waals surface area contributed by atoms with E-state index in [-0.39, 0.29) is 5.69 Å². The van der Waals surface area contributed by atoms with Crippen molar-refractivity contribution >= 4 is 5.69 Å². The number of halogens is 1. The van der Waals surface area contributed by atoms with Gasteiger partial charge < -0.3 is 0 Å². The van der Waals surface area contributed by atoms with Crippen LogP contribution in [0.4, 0.5) is 10.1 Å². The minimum atomic E-state index is -0.609. The van der Waals surface area contributed by atoms with Crippen molar-refractivity contribution in [2.45, 2.75) is 12.8 Å². The Balaban J connectivity index is 3.20. The topological polar surface area (TPSA) is 43.1 Å². The summed E-state index contributed by atoms with van der Waals surface area (Å²) in [6, 6.07) is 4.62. The Kier molecular flexibility index (Phi) is 3.17. The van der Waals surface area contributed by atoms with Crippen molar-refractivity contribution in [3.8, 4) is 0 Å². The minimum absolute atomic E-state index is 0.0181. The highest BCUT2D eigenvalue weighted by Gasteiger charge is 2.16. The smallest absolute Gasteiger partial charge is 0.258 e. The minimum Gasteiger partial charge on any atom is -0.258 e. The number of benzene rings is 1. The Hall–Kier alpha value is -1.45. The van der Waals surface area contributed by atoms with E-state index in [1.54, 1.807) is 19.1 Å². The van der Waals surface area contributed by atoms with Gasteiger partial charge in [0.15, 0.2) is 0 Å². The summed E-state index contributed by atoms with van der Waals surface area (Å²) in [7, 11) is 0. The standard InChI is InChI=1S/C10H11FNO2/c1-7(6-11)9-4-3-5-10(8(9)2)12(13)14/h3-5,7H,1,6H2,2H3. The Morgan fingerprint density at radius 3 is 2.79 bits per heavy atom. The van der Waals surface area contributed by atoms with Crippen molar-refractivity contribution in [2.75, 3.05) is 6.67 Å². The molecule has 14 heavy (non-hydrogen) atoms. The molecule has 0 aromatic heterocycles. The molecule has 0 heterocycles. The van der Waals surface area contributed by atoms with Gasteiger partial charge in [-0.1, -0.05) is 12.1 Å². The first kappa shape index (κ1) is 10.6. The van der Waals surface area contributed by atoms with Crippen molar-refractivity contribution in [2.24, 2.45) is 0 Å². The molecule has 1 unspecified atom stereocenters. The summed E-state index contributed by atoms with van der Waals surface area (Å²) in [5.41, 5.74) is 1.11. The van der Waals surface area contributed by atoms with Crippen LogP contribution in [0.1, 0.15) is 17.0 Å². The first-order valence-corrected chi connectivity index (χ1v) is 4.21. The summed E-state index contributed by atoms with van der Waals surface area (Å²) in [5, 5.41) is 10.6. The quantitative estimate of drug-likeness (QED) is 0.551. The van der Waals surface area contributed by atoms with E-state index < -0.39 is 17.5 Å². The molecule has 0 bridgehead atoms.